The molecule has 0 aliphatic rings. The predicted molar refractivity (Wildman–Crippen MR) is 113 cm³/mol. The molecule has 0 bridgehead atoms. The van der Waals surface area contributed by atoms with Crippen molar-refractivity contribution < 1.29 is 19.1 Å². The first-order valence-corrected chi connectivity index (χ1v) is 9.52. The van der Waals surface area contributed by atoms with Gasteiger partial charge in [-0.15, -0.1) is 0 Å². The number of hydrogen-bond acceptors (Lipinski definition) is 4. The first-order valence-electron chi connectivity index (χ1n) is 9.52. The number of hydrogen-bond donors (Lipinski definition) is 3. The second-order valence-corrected chi connectivity index (χ2v) is 6.90. The summed E-state index contributed by atoms with van der Waals surface area (Å²) in [6, 6.07) is 12.9. The topological polar surface area (TPSA) is 96.5 Å². The van der Waals surface area contributed by atoms with Gasteiger partial charge >= 0.3 is 0 Å². The lowest BCUT2D eigenvalue weighted by Crippen LogP contribution is -2.47. The van der Waals surface area contributed by atoms with Crippen LogP contribution in [0.2, 0.25) is 0 Å². The van der Waals surface area contributed by atoms with Crippen LogP contribution in [-0.4, -0.2) is 30.4 Å². The predicted octanol–water partition coefficient (Wildman–Crippen LogP) is 3.44. The van der Waals surface area contributed by atoms with E-state index in [4.69, 9.17) is 4.74 Å². The van der Waals surface area contributed by atoms with E-state index in [1.807, 2.05) is 20.8 Å². The van der Waals surface area contributed by atoms with Crippen LogP contribution in [0.25, 0.3) is 0 Å². The average molecular weight is 397 g/mol. The van der Waals surface area contributed by atoms with Crippen molar-refractivity contribution in [3.63, 3.8) is 0 Å². The molecule has 0 heterocycles. The van der Waals surface area contributed by atoms with Crippen molar-refractivity contribution >= 4 is 29.1 Å². The summed E-state index contributed by atoms with van der Waals surface area (Å²) in [6.07, 6.45) is 0. The molecule has 2 aromatic rings. The lowest BCUT2D eigenvalue weighted by atomic mass is 10.0. The summed E-state index contributed by atoms with van der Waals surface area (Å²) in [5.74, 6) is -0.314. The fourth-order valence-electron chi connectivity index (χ4n) is 2.73. The third-order valence-corrected chi connectivity index (χ3v) is 4.11. The Kier molecular flexibility index (Phi) is 7.77. The number of ether oxygens (including phenoxy) is 1. The van der Waals surface area contributed by atoms with E-state index < -0.39 is 6.04 Å². The number of amides is 3. The fraction of sp³-hybridized carbons (Fsp3) is 0.318. The smallest absolute Gasteiger partial charge is 0.251 e. The van der Waals surface area contributed by atoms with Crippen LogP contribution >= 0.6 is 0 Å². The van der Waals surface area contributed by atoms with Gasteiger partial charge in [-0.2, -0.15) is 0 Å². The Morgan fingerprint density at radius 1 is 0.966 bits per heavy atom. The summed E-state index contributed by atoms with van der Waals surface area (Å²) in [6.45, 7) is 7.56. The Morgan fingerprint density at radius 3 is 2.14 bits per heavy atom. The minimum atomic E-state index is -0.724. The van der Waals surface area contributed by atoms with E-state index in [0.29, 0.717) is 29.3 Å². The van der Waals surface area contributed by atoms with Crippen LogP contribution in [0.1, 0.15) is 38.1 Å². The lowest BCUT2D eigenvalue weighted by molar-refractivity contribution is -0.119. The number of nitrogens with one attached hydrogen (secondary N) is 3. The van der Waals surface area contributed by atoms with Crippen LogP contribution in [-0.2, 0) is 9.59 Å². The molecule has 0 saturated carbocycles. The van der Waals surface area contributed by atoms with Crippen LogP contribution in [0.15, 0.2) is 48.5 Å². The summed E-state index contributed by atoms with van der Waals surface area (Å²) in [5.41, 5.74) is 1.55. The zero-order chi connectivity index (χ0) is 21.4. The molecule has 29 heavy (non-hydrogen) atoms. The van der Waals surface area contributed by atoms with Gasteiger partial charge in [0.25, 0.3) is 5.91 Å². The molecule has 0 saturated heterocycles. The van der Waals surface area contributed by atoms with Crippen molar-refractivity contribution in [2.75, 3.05) is 17.2 Å². The maximum Gasteiger partial charge on any atom is 0.251 e. The van der Waals surface area contributed by atoms with Gasteiger partial charge in [-0.1, -0.05) is 19.9 Å². The second kappa shape index (κ2) is 10.3. The first-order chi connectivity index (χ1) is 13.8. The Hall–Kier alpha value is -3.35. The van der Waals surface area contributed by atoms with Crippen molar-refractivity contribution in [3.8, 4) is 5.75 Å². The summed E-state index contributed by atoms with van der Waals surface area (Å²) in [5, 5.41) is 8.25. The Balaban J connectivity index is 2.07. The number of benzene rings is 2. The quantitative estimate of drug-likeness (QED) is 0.636. The first kappa shape index (κ1) is 21.9. The van der Waals surface area contributed by atoms with E-state index in [1.54, 1.807) is 48.5 Å². The summed E-state index contributed by atoms with van der Waals surface area (Å²) < 4.78 is 5.38. The van der Waals surface area contributed by atoms with Crippen molar-refractivity contribution in [2.24, 2.45) is 5.92 Å². The third-order valence-electron chi connectivity index (χ3n) is 4.11. The van der Waals surface area contributed by atoms with Crippen molar-refractivity contribution in [3.05, 3.63) is 54.1 Å². The monoisotopic (exact) mass is 397 g/mol. The van der Waals surface area contributed by atoms with Crippen LogP contribution in [0.4, 0.5) is 11.4 Å². The normalized spacial score (nSPS) is 11.5. The van der Waals surface area contributed by atoms with Crippen molar-refractivity contribution in [2.45, 2.75) is 33.7 Å². The van der Waals surface area contributed by atoms with E-state index in [1.165, 1.54) is 6.92 Å². The Labute approximate surface area is 170 Å². The highest BCUT2D eigenvalue weighted by molar-refractivity contribution is 6.01. The minimum Gasteiger partial charge on any atom is -0.494 e. The van der Waals surface area contributed by atoms with Gasteiger partial charge in [0.15, 0.2) is 0 Å². The highest BCUT2D eigenvalue weighted by atomic mass is 16.5. The molecule has 0 aliphatic carbocycles. The van der Waals surface area contributed by atoms with Gasteiger partial charge in [0.05, 0.1) is 6.61 Å². The molecule has 1 atom stereocenters. The minimum absolute atomic E-state index is 0.125. The maximum atomic E-state index is 12.8. The van der Waals surface area contributed by atoms with E-state index in [9.17, 15) is 14.4 Å². The van der Waals surface area contributed by atoms with Gasteiger partial charge in [0, 0.05) is 23.9 Å². The average Bonchev–Trinajstić information content (AvgIpc) is 2.66. The van der Waals surface area contributed by atoms with Gasteiger partial charge in [-0.05, 0) is 55.3 Å². The molecule has 154 valence electrons. The second-order valence-electron chi connectivity index (χ2n) is 6.90. The number of carbonyl (C=O) groups is 3. The SMILES string of the molecule is CCOc1ccc(C(=O)N[C@H](C(=O)Nc2cccc(NC(C)=O)c2)C(C)C)cc1. The van der Waals surface area contributed by atoms with Crippen molar-refractivity contribution in [1.29, 1.82) is 0 Å². The van der Waals surface area contributed by atoms with E-state index in [2.05, 4.69) is 16.0 Å². The van der Waals surface area contributed by atoms with Crippen molar-refractivity contribution in [1.82, 2.24) is 5.32 Å². The Bertz CT molecular complexity index is 863. The number of anilines is 2. The molecule has 3 amide bonds. The van der Waals surface area contributed by atoms with Crippen LogP contribution in [0.3, 0.4) is 0 Å². The molecule has 7 nitrogen and oxygen atoms in total. The molecule has 7 heteroatoms. The molecular weight excluding hydrogens is 370 g/mol. The van der Waals surface area contributed by atoms with Gasteiger partial charge in [0.2, 0.25) is 11.8 Å². The van der Waals surface area contributed by atoms with Gasteiger partial charge in [-0.3, -0.25) is 14.4 Å². The van der Waals surface area contributed by atoms with Gasteiger partial charge in [-0.25, -0.2) is 0 Å². The molecule has 0 unspecified atom stereocenters. The zero-order valence-corrected chi connectivity index (χ0v) is 17.1. The van der Waals surface area contributed by atoms with E-state index in [-0.39, 0.29) is 23.6 Å². The van der Waals surface area contributed by atoms with E-state index >= 15 is 0 Å². The van der Waals surface area contributed by atoms with E-state index in [0.717, 1.165) is 0 Å². The molecule has 2 rings (SSSR count). The van der Waals surface area contributed by atoms with Crippen LogP contribution in [0, 0.1) is 5.92 Å². The largest absolute Gasteiger partial charge is 0.494 e. The lowest BCUT2D eigenvalue weighted by Gasteiger charge is -2.22. The van der Waals surface area contributed by atoms with Crippen LogP contribution in [0.5, 0.6) is 5.75 Å². The molecule has 0 fully saturated rings. The molecule has 0 aromatic heterocycles. The van der Waals surface area contributed by atoms with Gasteiger partial charge in [0.1, 0.15) is 11.8 Å². The highest BCUT2D eigenvalue weighted by Crippen LogP contribution is 2.17. The fourth-order valence-corrected chi connectivity index (χ4v) is 2.73. The molecule has 0 radical (unpaired) electrons. The van der Waals surface area contributed by atoms with Gasteiger partial charge < -0.3 is 20.7 Å². The zero-order valence-electron chi connectivity index (χ0n) is 17.1. The summed E-state index contributed by atoms with van der Waals surface area (Å²) in [7, 11) is 0. The molecule has 2 aromatic carbocycles. The third kappa shape index (κ3) is 6.64. The number of carbonyl (C=O) groups excluding carboxylic acids is 3. The summed E-state index contributed by atoms with van der Waals surface area (Å²) >= 11 is 0. The van der Waals surface area contributed by atoms with Crippen LogP contribution < -0.4 is 20.7 Å². The standard InChI is InChI=1S/C22H27N3O4/c1-5-29-19-11-9-16(10-12-19)21(27)25-20(14(2)3)22(28)24-18-8-6-7-17(13-18)23-15(4)26/h6-14,20H,5H2,1-4H3,(H,23,26)(H,24,28)(H,25,27)/t20-/m0/s1. The summed E-state index contributed by atoms with van der Waals surface area (Å²) in [4.78, 5) is 36.5. The molecule has 3 N–H and O–H groups in total. The maximum absolute atomic E-state index is 12.8. The molecular formula is C22H27N3O4. The molecule has 0 aliphatic heterocycles. The number of rotatable bonds is 8. The molecule has 0 spiro atoms. The highest BCUT2D eigenvalue weighted by Gasteiger charge is 2.25. The Morgan fingerprint density at radius 2 is 1.59 bits per heavy atom.